The van der Waals surface area contributed by atoms with E-state index in [-0.39, 0.29) is 58.1 Å². The number of tetrazole rings is 1. The van der Waals surface area contributed by atoms with E-state index >= 15 is 0 Å². The highest BCUT2D eigenvalue weighted by Gasteiger charge is 2.25. The van der Waals surface area contributed by atoms with E-state index in [9.17, 15) is 47.4 Å². The van der Waals surface area contributed by atoms with Gasteiger partial charge in [-0.2, -0.15) is 5.21 Å². The van der Waals surface area contributed by atoms with Crippen LogP contribution in [0.5, 0.6) is 0 Å². The highest BCUT2D eigenvalue weighted by atomic mass is 32.2. The summed E-state index contributed by atoms with van der Waals surface area (Å²) in [5, 5.41) is 37.9. The lowest BCUT2D eigenvalue weighted by Crippen LogP contribution is -2.41. The number of ketones is 1. The summed E-state index contributed by atoms with van der Waals surface area (Å²) < 4.78 is 37.2. The summed E-state index contributed by atoms with van der Waals surface area (Å²) in [5.41, 5.74) is 0. The quantitative estimate of drug-likeness (QED) is 0.0518. The molecule has 0 aromatic carbocycles. The molecule has 0 saturated heterocycles. The topological polar surface area (TPSA) is 286 Å². The van der Waals surface area contributed by atoms with E-state index in [2.05, 4.69) is 31.3 Å². The van der Waals surface area contributed by atoms with E-state index in [1.807, 2.05) is 11.6 Å². The molecule has 0 bridgehead atoms. The number of H-pyrrole nitrogens is 1. The summed E-state index contributed by atoms with van der Waals surface area (Å²) in [6.45, 7) is 3.72. The van der Waals surface area contributed by atoms with Crippen LogP contribution in [0.2, 0.25) is 0 Å². The van der Waals surface area contributed by atoms with Gasteiger partial charge in [-0.25, -0.2) is 13.2 Å². The number of ether oxygens (including phenoxy) is 2. The van der Waals surface area contributed by atoms with Gasteiger partial charge in [0, 0.05) is 51.7 Å². The van der Waals surface area contributed by atoms with Gasteiger partial charge in [0.15, 0.2) is 5.82 Å². The number of unbranched alkanes of at least 4 members (excludes halogenated alkanes) is 12. The minimum absolute atomic E-state index is 0.0717. The van der Waals surface area contributed by atoms with Gasteiger partial charge in [0.25, 0.3) is 0 Å². The van der Waals surface area contributed by atoms with Crippen LogP contribution in [0.25, 0.3) is 0 Å². The molecule has 0 saturated carbocycles. The molecule has 1 rings (SSSR count). The Labute approximate surface area is 342 Å². The number of rotatable bonds is 39. The van der Waals surface area contributed by atoms with Crippen molar-refractivity contribution >= 4 is 45.5 Å². The average molecular weight is 846 g/mol. The second kappa shape index (κ2) is 32.9. The SMILES string of the molecule is CCOCCOCCNC(=O)CCC(CC(=O)CCC(NC(=O)CCCS(=O)(=O)NC(=O)CCCCCCCCCCCCCCCc1nn[nH]n1)C(=O)O)C(=O)O. The van der Waals surface area contributed by atoms with Crippen molar-refractivity contribution in [2.24, 2.45) is 5.92 Å². The van der Waals surface area contributed by atoms with Gasteiger partial charge in [-0.1, -0.05) is 75.8 Å². The number of nitrogens with one attached hydrogen (secondary N) is 4. The van der Waals surface area contributed by atoms with Crippen LogP contribution in [-0.4, -0.2) is 119 Å². The summed E-state index contributed by atoms with van der Waals surface area (Å²) in [5.74, 6) is -5.89. The maximum atomic E-state index is 12.5. The largest absolute Gasteiger partial charge is 0.481 e. The van der Waals surface area contributed by atoms with Gasteiger partial charge in [-0.15, -0.1) is 10.2 Å². The predicted octanol–water partition coefficient (Wildman–Crippen LogP) is 3.39. The summed E-state index contributed by atoms with van der Waals surface area (Å²) in [7, 11) is -3.99. The Morgan fingerprint density at radius 2 is 1.29 bits per heavy atom. The van der Waals surface area contributed by atoms with E-state index in [1.165, 1.54) is 44.9 Å². The molecule has 0 radical (unpaired) electrons. The number of carboxylic acid groups (broad SMARTS) is 2. The number of hydrogen-bond acceptors (Lipinski definition) is 13. The molecule has 19 nitrogen and oxygen atoms in total. The molecule has 0 aliphatic carbocycles. The van der Waals surface area contributed by atoms with Crippen LogP contribution in [0, 0.1) is 5.92 Å². The number of carbonyl (C=O) groups excluding carboxylic acids is 4. The number of nitrogens with zero attached hydrogens (tertiary/aromatic N) is 3. The molecule has 0 spiro atoms. The van der Waals surface area contributed by atoms with Crippen molar-refractivity contribution in [3.8, 4) is 0 Å². The van der Waals surface area contributed by atoms with E-state index in [4.69, 9.17) is 9.47 Å². The standard InChI is InChI=1S/C38H67N7O12S/c1-2-56-26-27-57-25-24-39-34(47)23-20-30(37(50)51)29-31(46)21-22-32(38(52)53)40-35(48)19-16-28-58(54,55)43-36(49)18-15-13-11-9-7-5-3-4-6-8-10-12-14-17-33-41-44-45-42-33/h30,32H,2-29H2,1H3,(H,39,47)(H,40,48)(H,43,49)(H,50,51)(H,52,53)(H,41,42,44,45). The number of sulfonamides is 1. The van der Waals surface area contributed by atoms with Crippen molar-refractivity contribution in [3.63, 3.8) is 0 Å². The Morgan fingerprint density at radius 3 is 1.88 bits per heavy atom. The maximum Gasteiger partial charge on any atom is 0.326 e. The Kier molecular flexibility index (Phi) is 29.5. The molecule has 58 heavy (non-hydrogen) atoms. The van der Waals surface area contributed by atoms with Crippen LogP contribution < -0.4 is 15.4 Å². The van der Waals surface area contributed by atoms with Crippen LogP contribution in [0.4, 0.5) is 0 Å². The highest BCUT2D eigenvalue weighted by molar-refractivity contribution is 7.90. The number of Topliss-reactive ketones (excluding diaryl/α,β-unsaturated/α-hetero) is 1. The van der Waals surface area contributed by atoms with Gasteiger partial charge in [0.1, 0.15) is 11.8 Å². The van der Waals surface area contributed by atoms with Gasteiger partial charge in [-0.05, 0) is 39.0 Å². The first-order valence-electron chi connectivity index (χ1n) is 20.8. The smallest absolute Gasteiger partial charge is 0.326 e. The lowest BCUT2D eigenvalue weighted by Gasteiger charge is -2.15. The summed E-state index contributed by atoms with van der Waals surface area (Å²) in [6.07, 6.45) is 13.2. The molecule has 3 amide bonds. The molecule has 20 heteroatoms. The fourth-order valence-electron chi connectivity index (χ4n) is 6.04. The second-order valence-corrected chi connectivity index (χ2v) is 16.2. The number of carboxylic acids is 2. The van der Waals surface area contributed by atoms with E-state index in [0.717, 1.165) is 44.3 Å². The van der Waals surface area contributed by atoms with Crippen LogP contribution >= 0.6 is 0 Å². The molecule has 6 N–H and O–H groups in total. The van der Waals surface area contributed by atoms with E-state index < -0.39 is 69.6 Å². The average Bonchev–Trinajstić information content (AvgIpc) is 3.69. The van der Waals surface area contributed by atoms with Crippen molar-refractivity contribution in [3.05, 3.63) is 5.82 Å². The van der Waals surface area contributed by atoms with Crippen LogP contribution in [0.3, 0.4) is 0 Å². The molecule has 0 fully saturated rings. The molecule has 2 unspecified atom stereocenters. The third kappa shape index (κ3) is 29.2. The van der Waals surface area contributed by atoms with E-state index in [0.29, 0.717) is 26.2 Å². The maximum absolute atomic E-state index is 12.5. The number of aromatic amines is 1. The molecular weight excluding hydrogens is 779 g/mol. The lowest BCUT2D eigenvalue weighted by atomic mass is 9.94. The first kappa shape index (κ1) is 52.0. The number of amides is 3. The van der Waals surface area contributed by atoms with Crippen molar-refractivity contribution in [2.45, 2.75) is 154 Å². The number of hydrogen-bond donors (Lipinski definition) is 6. The Balaban J connectivity index is 2.16. The zero-order valence-corrected chi connectivity index (χ0v) is 35.0. The second-order valence-electron chi connectivity index (χ2n) is 14.3. The number of carbonyl (C=O) groups is 6. The van der Waals surface area contributed by atoms with Gasteiger partial charge in [-0.3, -0.25) is 28.7 Å². The zero-order valence-electron chi connectivity index (χ0n) is 34.2. The van der Waals surface area contributed by atoms with Gasteiger partial charge in [0.2, 0.25) is 27.7 Å². The van der Waals surface area contributed by atoms with Gasteiger partial charge >= 0.3 is 11.9 Å². The van der Waals surface area contributed by atoms with Crippen LogP contribution in [0.1, 0.15) is 148 Å². The van der Waals surface area contributed by atoms with Crippen LogP contribution in [-0.2, 0) is 54.7 Å². The van der Waals surface area contributed by atoms with Gasteiger partial charge < -0.3 is 30.3 Å². The Morgan fingerprint density at radius 1 is 0.690 bits per heavy atom. The molecule has 1 aromatic heterocycles. The van der Waals surface area contributed by atoms with Crippen molar-refractivity contribution in [1.82, 2.24) is 36.0 Å². The molecule has 332 valence electrons. The van der Waals surface area contributed by atoms with E-state index in [1.54, 1.807) is 0 Å². The number of aromatic nitrogens is 4. The number of aliphatic carboxylic acids is 2. The zero-order chi connectivity index (χ0) is 42.9. The Bertz CT molecular complexity index is 1430. The first-order chi connectivity index (χ1) is 27.8. The summed E-state index contributed by atoms with van der Waals surface area (Å²) >= 11 is 0. The van der Waals surface area contributed by atoms with Crippen molar-refractivity contribution in [1.29, 1.82) is 0 Å². The molecule has 1 heterocycles. The third-order valence-corrected chi connectivity index (χ3v) is 10.7. The summed E-state index contributed by atoms with van der Waals surface area (Å²) in [6, 6.07) is -1.46. The molecule has 0 aliphatic heterocycles. The molecule has 2 atom stereocenters. The van der Waals surface area contributed by atoms with Gasteiger partial charge in [0.05, 0.1) is 31.5 Å². The van der Waals surface area contributed by atoms with Crippen molar-refractivity contribution in [2.75, 3.05) is 38.7 Å². The monoisotopic (exact) mass is 845 g/mol. The fourth-order valence-corrected chi connectivity index (χ4v) is 7.11. The first-order valence-corrected chi connectivity index (χ1v) is 22.4. The minimum Gasteiger partial charge on any atom is -0.481 e. The summed E-state index contributed by atoms with van der Waals surface area (Å²) in [4.78, 5) is 72.6. The van der Waals surface area contributed by atoms with Crippen LogP contribution in [0.15, 0.2) is 0 Å². The fraction of sp³-hybridized carbons (Fsp3) is 0.816. The molecule has 1 aromatic rings. The molecule has 0 aliphatic rings. The minimum atomic E-state index is -3.99. The lowest BCUT2D eigenvalue weighted by molar-refractivity contribution is -0.145. The normalized spacial score (nSPS) is 12.4. The Hall–Kier alpha value is -4.04. The van der Waals surface area contributed by atoms with Crippen molar-refractivity contribution < 1.29 is 56.9 Å². The predicted molar refractivity (Wildman–Crippen MR) is 213 cm³/mol. The highest BCUT2D eigenvalue weighted by Crippen LogP contribution is 2.16. The number of aryl methyl sites for hydroxylation is 1. The molecular formula is C38H67N7O12S. The third-order valence-electron chi connectivity index (χ3n) is 9.31.